The lowest BCUT2D eigenvalue weighted by atomic mass is 10.1. The molecule has 1 N–H and O–H groups in total. The van der Waals surface area contributed by atoms with E-state index in [2.05, 4.69) is 10.3 Å². The van der Waals surface area contributed by atoms with Crippen LogP contribution < -0.4 is 15.0 Å². The van der Waals surface area contributed by atoms with Gasteiger partial charge in [0, 0.05) is 24.1 Å². The molecule has 1 unspecified atom stereocenters. The number of carbonyl (C=O) groups excluding carboxylic acids is 2. The van der Waals surface area contributed by atoms with E-state index in [1.165, 1.54) is 23.0 Å². The summed E-state index contributed by atoms with van der Waals surface area (Å²) < 4.78 is 5.66. The third kappa shape index (κ3) is 4.11. The average molecular weight is 420 g/mol. The zero-order valence-corrected chi connectivity index (χ0v) is 17.7. The van der Waals surface area contributed by atoms with Crippen molar-refractivity contribution in [1.29, 1.82) is 0 Å². The molecule has 2 aromatic carbocycles. The van der Waals surface area contributed by atoms with Crippen molar-refractivity contribution < 1.29 is 14.3 Å². The fourth-order valence-corrected chi connectivity index (χ4v) is 3.85. The number of nitrogens with zero attached hydrogens (tertiary/aromatic N) is 2. The van der Waals surface area contributed by atoms with Gasteiger partial charge in [-0.15, -0.1) is 11.3 Å². The Kier molecular flexibility index (Phi) is 5.37. The first-order valence-electron chi connectivity index (χ1n) is 9.50. The number of ether oxygens (including phenoxy) is 1. The highest BCUT2D eigenvalue weighted by Crippen LogP contribution is 2.37. The fourth-order valence-electron chi connectivity index (χ4n) is 3.13. The minimum absolute atomic E-state index is 0.0914. The number of aryl methyl sites for hydroxylation is 1. The van der Waals surface area contributed by atoms with E-state index in [0.717, 1.165) is 16.8 Å². The Morgan fingerprint density at radius 3 is 2.77 bits per heavy atom. The van der Waals surface area contributed by atoms with Crippen molar-refractivity contribution in [3.63, 3.8) is 0 Å². The number of benzene rings is 2. The molecule has 1 aliphatic rings. The first kappa shape index (κ1) is 19.8. The molecule has 6 nitrogen and oxygen atoms in total. The highest BCUT2D eigenvalue weighted by Gasteiger charge is 2.29. The highest BCUT2D eigenvalue weighted by molar-refractivity contribution is 7.14. The largest absolute Gasteiger partial charge is 0.479 e. The van der Waals surface area contributed by atoms with Gasteiger partial charge >= 0.3 is 0 Å². The molecule has 1 aromatic heterocycles. The summed E-state index contributed by atoms with van der Waals surface area (Å²) in [5.74, 6) is 0.333. The van der Waals surface area contributed by atoms with Crippen LogP contribution in [-0.2, 0) is 9.59 Å². The normalized spacial score (nSPS) is 15.8. The summed E-state index contributed by atoms with van der Waals surface area (Å²) in [6.07, 6.45) is 2.76. The topological polar surface area (TPSA) is 71.5 Å². The number of amides is 2. The van der Waals surface area contributed by atoms with Gasteiger partial charge < -0.3 is 9.64 Å². The van der Waals surface area contributed by atoms with Crippen molar-refractivity contribution in [2.24, 2.45) is 0 Å². The second-order valence-electron chi connectivity index (χ2n) is 7.11. The van der Waals surface area contributed by atoms with Gasteiger partial charge in [0.15, 0.2) is 11.2 Å². The molecule has 0 saturated heterocycles. The summed E-state index contributed by atoms with van der Waals surface area (Å²) in [5, 5.41) is 5.17. The lowest BCUT2D eigenvalue weighted by molar-refractivity contribution is -0.125. The van der Waals surface area contributed by atoms with Crippen LogP contribution in [0.3, 0.4) is 0 Å². The van der Waals surface area contributed by atoms with Crippen LogP contribution in [0.4, 0.5) is 10.8 Å². The molecule has 2 heterocycles. The monoisotopic (exact) mass is 419 g/mol. The molecule has 0 spiro atoms. The molecule has 4 rings (SSSR count). The van der Waals surface area contributed by atoms with Crippen molar-refractivity contribution in [2.45, 2.75) is 20.0 Å². The second-order valence-corrected chi connectivity index (χ2v) is 7.97. The number of nitrogens with one attached hydrogen (secondary N) is 1. The number of carbonyl (C=O) groups is 2. The molecule has 0 bridgehead atoms. The molecule has 0 radical (unpaired) electrons. The standard InChI is InChI=1S/C23H21N3O3S/c1-14-4-6-16(7-5-14)8-11-21(27)25-23-24-18(13-30-23)17-9-10-20-19(12-17)26(3)22(28)15(2)29-20/h4-13,15H,1-3H3,(H,24,25,27)/b11-8+. The van der Waals surface area contributed by atoms with Gasteiger partial charge in [0.2, 0.25) is 5.91 Å². The lowest BCUT2D eigenvalue weighted by Gasteiger charge is -2.30. The maximum Gasteiger partial charge on any atom is 0.267 e. The molecule has 7 heteroatoms. The Balaban J connectivity index is 1.47. The number of hydrogen-bond acceptors (Lipinski definition) is 5. The lowest BCUT2D eigenvalue weighted by Crippen LogP contribution is -2.41. The zero-order valence-electron chi connectivity index (χ0n) is 16.9. The van der Waals surface area contributed by atoms with Gasteiger partial charge in [-0.1, -0.05) is 29.8 Å². The molecule has 2 amide bonds. The van der Waals surface area contributed by atoms with Crippen LogP contribution in [0.1, 0.15) is 18.1 Å². The molecule has 1 aliphatic heterocycles. The smallest absolute Gasteiger partial charge is 0.267 e. The predicted octanol–water partition coefficient (Wildman–Crippen LogP) is 4.51. The van der Waals surface area contributed by atoms with Crippen LogP contribution in [-0.4, -0.2) is 29.9 Å². The zero-order chi connectivity index (χ0) is 21.3. The summed E-state index contributed by atoms with van der Waals surface area (Å²) in [6.45, 7) is 3.75. The summed E-state index contributed by atoms with van der Waals surface area (Å²) in [4.78, 5) is 30.5. The second kappa shape index (κ2) is 8.12. The number of aromatic nitrogens is 1. The maximum atomic E-state index is 12.2. The first-order valence-corrected chi connectivity index (χ1v) is 10.4. The number of fused-ring (bicyclic) bond motifs is 1. The Hall–Kier alpha value is -3.45. The van der Waals surface area contributed by atoms with E-state index in [1.54, 1.807) is 24.9 Å². The van der Waals surface area contributed by atoms with E-state index in [9.17, 15) is 9.59 Å². The summed E-state index contributed by atoms with van der Waals surface area (Å²) >= 11 is 1.35. The van der Waals surface area contributed by atoms with Crippen LogP contribution >= 0.6 is 11.3 Å². The maximum absolute atomic E-state index is 12.2. The molecular formula is C23H21N3O3S. The third-order valence-corrected chi connectivity index (χ3v) is 5.59. The van der Waals surface area contributed by atoms with Gasteiger partial charge in [-0.3, -0.25) is 14.9 Å². The predicted molar refractivity (Wildman–Crippen MR) is 120 cm³/mol. The van der Waals surface area contributed by atoms with Gasteiger partial charge in [-0.2, -0.15) is 0 Å². The molecule has 152 valence electrons. The fraction of sp³-hybridized carbons (Fsp3) is 0.174. The molecular weight excluding hydrogens is 398 g/mol. The minimum Gasteiger partial charge on any atom is -0.479 e. The van der Waals surface area contributed by atoms with Crippen molar-refractivity contribution in [1.82, 2.24) is 4.98 Å². The minimum atomic E-state index is -0.498. The van der Waals surface area contributed by atoms with Gasteiger partial charge in [-0.25, -0.2) is 4.98 Å². The quantitative estimate of drug-likeness (QED) is 0.632. The Morgan fingerprint density at radius 2 is 2.00 bits per heavy atom. The van der Waals surface area contributed by atoms with Crippen LogP contribution in [0.15, 0.2) is 53.9 Å². The SMILES string of the molecule is Cc1ccc(/C=C/C(=O)Nc2nc(-c3ccc4c(c3)N(C)C(=O)C(C)O4)cs2)cc1. The molecule has 0 fully saturated rings. The summed E-state index contributed by atoms with van der Waals surface area (Å²) in [7, 11) is 1.73. The van der Waals surface area contributed by atoms with Gasteiger partial charge in [0.05, 0.1) is 11.4 Å². The van der Waals surface area contributed by atoms with Crippen molar-refractivity contribution in [3.8, 4) is 17.0 Å². The van der Waals surface area contributed by atoms with Gasteiger partial charge in [0.25, 0.3) is 5.91 Å². The van der Waals surface area contributed by atoms with E-state index in [0.29, 0.717) is 16.6 Å². The van der Waals surface area contributed by atoms with E-state index in [-0.39, 0.29) is 11.8 Å². The van der Waals surface area contributed by atoms with E-state index < -0.39 is 6.10 Å². The number of hydrogen-bond donors (Lipinski definition) is 1. The van der Waals surface area contributed by atoms with E-state index in [4.69, 9.17) is 4.74 Å². The molecule has 0 saturated carbocycles. The average Bonchev–Trinajstić information content (AvgIpc) is 3.20. The highest BCUT2D eigenvalue weighted by atomic mass is 32.1. The summed E-state index contributed by atoms with van der Waals surface area (Å²) in [6, 6.07) is 13.5. The van der Waals surface area contributed by atoms with E-state index >= 15 is 0 Å². The van der Waals surface area contributed by atoms with Crippen LogP contribution in [0.5, 0.6) is 5.75 Å². The van der Waals surface area contributed by atoms with Crippen molar-refractivity contribution in [3.05, 3.63) is 65.0 Å². The van der Waals surface area contributed by atoms with Crippen LogP contribution in [0.25, 0.3) is 17.3 Å². The Bertz CT molecular complexity index is 1130. The molecule has 1 atom stereocenters. The van der Waals surface area contributed by atoms with Gasteiger partial charge in [0.1, 0.15) is 5.75 Å². The first-order chi connectivity index (χ1) is 14.4. The Labute approximate surface area is 178 Å². The van der Waals surface area contributed by atoms with Crippen molar-refractivity contribution >= 4 is 40.0 Å². The third-order valence-electron chi connectivity index (χ3n) is 4.84. The van der Waals surface area contributed by atoms with Gasteiger partial charge in [-0.05, 0) is 43.7 Å². The molecule has 30 heavy (non-hydrogen) atoms. The molecule has 0 aliphatic carbocycles. The summed E-state index contributed by atoms with van der Waals surface area (Å²) in [5.41, 5.74) is 4.40. The number of anilines is 2. The number of likely N-dealkylation sites (N-methyl/N-ethyl adjacent to an activating group) is 1. The van der Waals surface area contributed by atoms with Crippen LogP contribution in [0, 0.1) is 6.92 Å². The van der Waals surface area contributed by atoms with Crippen LogP contribution in [0.2, 0.25) is 0 Å². The Morgan fingerprint density at radius 1 is 1.23 bits per heavy atom. The van der Waals surface area contributed by atoms with E-state index in [1.807, 2.05) is 54.8 Å². The number of rotatable bonds is 4. The molecule has 3 aromatic rings. The van der Waals surface area contributed by atoms with Crippen molar-refractivity contribution in [2.75, 3.05) is 17.3 Å². The number of thiazole rings is 1.